The number of aromatic nitrogens is 6. The molecule has 4 aliphatic rings. The van der Waals surface area contributed by atoms with E-state index in [-0.39, 0.29) is 43.8 Å². The number of aryl methyl sites for hydroxylation is 2. The number of amides is 2. The molecule has 1 saturated carbocycles. The number of ether oxygens (including phenoxy) is 3. The number of aromatic hydroxyl groups is 1. The molecular weight excluding hydrogens is 936 g/mol. The first-order valence-electron chi connectivity index (χ1n) is 21.0. The average Bonchev–Trinajstić information content (AvgIpc) is 3.69. The maximum atomic E-state index is 15.6. The van der Waals surface area contributed by atoms with Crippen LogP contribution in [0.3, 0.4) is 0 Å². The van der Waals surface area contributed by atoms with Crippen LogP contribution in [0.5, 0.6) is 23.0 Å². The number of hydrogen-bond acceptors (Lipinski definition) is 12. The quantitative estimate of drug-likeness (QED) is 0.133. The van der Waals surface area contributed by atoms with Crippen molar-refractivity contribution in [2.45, 2.75) is 50.0 Å². The van der Waals surface area contributed by atoms with Crippen molar-refractivity contribution in [1.82, 2.24) is 33.5 Å². The van der Waals surface area contributed by atoms with Crippen molar-refractivity contribution in [1.29, 1.82) is 0 Å². The minimum absolute atomic E-state index is 0.0608. The molecule has 2 N–H and O–H groups in total. The first kappa shape index (κ1) is 44.5. The van der Waals surface area contributed by atoms with Gasteiger partial charge in [-0.1, -0.05) is 41.4 Å². The number of benzene rings is 3. The Hall–Kier alpha value is -7.32. The lowest BCUT2D eigenvalue weighted by atomic mass is 9.52. The molecule has 0 bridgehead atoms. The van der Waals surface area contributed by atoms with Gasteiger partial charge in [-0.25, -0.2) is 33.5 Å². The van der Waals surface area contributed by atoms with Crippen molar-refractivity contribution < 1.29 is 42.1 Å². The van der Waals surface area contributed by atoms with E-state index in [1.54, 1.807) is 55.6 Å². The van der Waals surface area contributed by atoms with Crippen LogP contribution in [-0.4, -0.2) is 64.6 Å². The Morgan fingerprint density at radius 3 is 2.41 bits per heavy atom. The van der Waals surface area contributed by atoms with E-state index in [4.69, 9.17) is 37.4 Å². The molecule has 1 saturated heterocycles. The van der Waals surface area contributed by atoms with Crippen molar-refractivity contribution >= 4 is 51.9 Å². The van der Waals surface area contributed by atoms with E-state index in [1.807, 2.05) is 0 Å². The molecule has 3 aromatic heterocycles. The second-order valence-corrected chi connectivity index (χ2v) is 17.6. The van der Waals surface area contributed by atoms with Crippen LogP contribution in [0.2, 0.25) is 10.0 Å². The van der Waals surface area contributed by atoms with Crippen molar-refractivity contribution in [2.24, 2.45) is 18.9 Å². The number of imide groups is 1. The normalized spacial score (nSPS) is 20.8. The SMILES string of the molecule is COc1cc2nc(CCn3c(=O)n4n(c3=O)C3CC5C(=O)N(Nc6ncc(C(F)(F)F)cc6Cl)C(=O)C5(c5ccc(Cl)cc5)C(C5=COc6ccc(O)cc6C5)C3=CC4)c(=O)n(C)c2cc1OC. The number of halogens is 5. The summed E-state index contributed by atoms with van der Waals surface area (Å²) in [5, 5.41) is 11.0. The standard InChI is InChI=1S/C46H37Cl2F3N8O9/c1-55-34-19-37(67-3)36(66-2)18-32(34)53-31(41(55)62)11-12-56-43(64)57-13-10-28-33(59(57)44(56)65)17-29-40(61)58(54-39-30(48)16-25(20-52-39)46(49,50)51)42(63)45(29,24-4-6-26(47)7-5-24)38(28)23-14-22-15-27(60)8-9-35(22)68-21-23/h4-10,15-16,18-21,29,33,38,60H,11-14,17H2,1-3H3,(H,52,54). The van der Waals surface area contributed by atoms with Crippen LogP contribution in [-0.2, 0) is 54.2 Å². The Bertz CT molecular complexity index is 3400. The van der Waals surface area contributed by atoms with Gasteiger partial charge in [-0.2, -0.15) is 18.2 Å². The number of rotatable bonds is 9. The largest absolute Gasteiger partial charge is 0.508 e. The minimum atomic E-state index is -4.80. The summed E-state index contributed by atoms with van der Waals surface area (Å²) < 4.78 is 62.7. The highest BCUT2D eigenvalue weighted by Gasteiger charge is 2.69. The van der Waals surface area contributed by atoms with Crippen molar-refractivity contribution in [2.75, 3.05) is 19.6 Å². The lowest BCUT2D eigenvalue weighted by Crippen LogP contribution is -2.55. The van der Waals surface area contributed by atoms with E-state index in [1.165, 1.54) is 46.5 Å². The molecule has 350 valence electrons. The lowest BCUT2D eigenvalue weighted by Gasteiger charge is -2.49. The Morgan fingerprint density at radius 1 is 0.971 bits per heavy atom. The summed E-state index contributed by atoms with van der Waals surface area (Å²) in [6.07, 6.45) is -1.35. The van der Waals surface area contributed by atoms with Crippen LogP contribution in [0.4, 0.5) is 19.0 Å². The van der Waals surface area contributed by atoms with Gasteiger partial charge in [0.25, 0.3) is 17.4 Å². The van der Waals surface area contributed by atoms with Crippen LogP contribution in [0.25, 0.3) is 11.0 Å². The topological polar surface area (TPSA) is 194 Å². The third-order valence-corrected chi connectivity index (χ3v) is 13.8. The van der Waals surface area contributed by atoms with Crippen molar-refractivity contribution in [3.63, 3.8) is 0 Å². The number of phenols is 1. The van der Waals surface area contributed by atoms with Gasteiger partial charge in [0.05, 0.1) is 66.0 Å². The van der Waals surface area contributed by atoms with E-state index >= 15 is 9.59 Å². The van der Waals surface area contributed by atoms with E-state index in [9.17, 15) is 32.7 Å². The highest BCUT2D eigenvalue weighted by atomic mass is 35.5. The zero-order valence-corrected chi connectivity index (χ0v) is 37.5. The molecule has 4 unspecified atom stereocenters. The maximum Gasteiger partial charge on any atom is 0.417 e. The molecule has 6 aromatic rings. The van der Waals surface area contributed by atoms with Gasteiger partial charge < -0.3 is 23.9 Å². The summed E-state index contributed by atoms with van der Waals surface area (Å²) >= 11 is 12.7. The smallest absolute Gasteiger partial charge is 0.417 e. The van der Waals surface area contributed by atoms with Gasteiger partial charge in [0.15, 0.2) is 17.3 Å². The number of methoxy groups -OCH3 is 2. The summed E-state index contributed by atoms with van der Waals surface area (Å²) in [7, 11) is 4.48. The lowest BCUT2D eigenvalue weighted by molar-refractivity contribution is -0.139. The third-order valence-electron chi connectivity index (χ3n) is 13.3. The highest BCUT2D eigenvalue weighted by molar-refractivity contribution is 6.33. The monoisotopic (exact) mass is 972 g/mol. The average molecular weight is 974 g/mol. The van der Waals surface area contributed by atoms with Crippen LogP contribution in [0, 0.1) is 11.8 Å². The van der Waals surface area contributed by atoms with Crippen LogP contribution >= 0.6 is 23.2 Å². The fraction of sp³-hybridized carbons (Fsp3) is 0.283. The fourth-order valence-corrected chi connectivity index (χ4v) is 10.5. The second-order valence-electron chi connectivity index (χ2n) is 16.8. The molecule has 68 heavy (non-hydrogen) atoms. The molecule has 22 heteroatoms. The molecular formula is C46H37Cl2F3N8O9. The van der Waals surface area contributed by atoms with E-state index < -0.39 is 74.6 Å². The molecule has 0 radical (unpaired) electrons. The molecule has 10 rings (SSSR count). The number of carbonyl (C=O) groups is 2. The summed E-state index contributed by atoms with van der Waals surface area (Å²) in [6.45, 7) is -0.409. The molecule has 4 atom stereocenters. The molecule has 2 amide bonds. The summed E-state index contributed by atoms with van der Waals surface area (Å²) in [5.74, 6) is -3.37. The van der Waals surface area contributed by atoms with Crippen LogP contribution in [0.15, 0.2) is 105 Å². The number of carbonyl (C=O) groups excluding carboxylic acids is 2. The fourth-order valence-electron chi connectivity index (χ4n) is 10.2. The van der Waals surface area contributed by atoms with E-state index in [0.717, 1.165) is 4.57 Å². The first-order chi connectivity index (χ1) is 32.5. The van der Waals surface area contributed by atoms with Crippen molar-refractivity contribution in [3.05, 3.63) is 154 Å². The first-order valence-corrected chi connectivity index (χ1v) is 21.8. The number of allylic oxidation sites excluding steroid dienone is 3. The summed E-state index contributed by atoms with van der Waals surface area (Å²) in [4.78, 5) is 81.7. The summed E-state index contributed by atoms with van der Waals surface area (Å²) in [6, 6.07) is 13.6. The van der Waals surface area contributed by atoms with Crippen LogP contribution in [0.1, 0.15) is 34.8 Å². The number of hydrazine groups is 1. The molecule has 3 aliphatic heterocycles. The third kappa shape index (κ3) is 6.78. The Labute approximate surface area is 391 Å². The number of phenolic OH excluding ortho intramolecular Hbond substituents is 1. The number of nitrogens with one attached hydrogen (secondary N) is 1. The summed E-state index contributed by atoms with van der Waals surface area (Å²) in [5.41, 5.74) is 0.423. The highest BCUT2D eigenvalue weighted by Crippen LogP contribution is 2.61. The molecule has 3 aromatic carbocycles. The zero-order valence-electron chi connectivity index (χ0n) is 36.0. The van der Waals surface area contributed by atoms with Gasteiger partial charge in [0, 0.05) is 61.3 Å². The number of pyridine rings is 1. The number of fused-ring (bicyclic) bond motifs is 6. The van der Waals surface area contributed by atoms with Gasteiger partial charge in [-0.15, -0.1) is 0 Å². The molecule has 1 aliphatic carbocycles. The number of nitrogens with zero attached hydrogens (tertiary/aromatic N) is 7. The van der Waals surface area contributed by atoms with Crippen LogP contribution < -0.4 is 36.6 Å². The van der Waals surface area contributed by atoms with Gasteiger partial charge in [-0.3, -0.25) is 19.8 Å². The number of alkyl halides is 3. The van der Waals surface area contributed by atoms with Crippen molar-refractivity contribution in [3.8, 4) is 23.0 Å². The Balaban J connectivity index is 1.10. The Morgan fingerprint density at radius 2 is 1.71 bits per heavy atom. The second kappa shape index (κ2) is 16.2. The van der Waals surface area contributed by atoms with E-state index in [2.05, 4.69) is 15.4 Å². The molecule has 2 fully saturated rings. The number of hydrogen-bond donors (Lipinski definition) is 2. The molecule has 0 spiro atoms. The van der Waals surface area contributed by atoms with Gasteiger partial charge >= 0.3 is 17.6 Å². The zero-order chi connectivity index (χ0) is 48.1. The van der Waals surface area contributed by atoms with Gasteiger partial charge in [-0.05, 0) is 59.5 Å². The van der Waals surface area contributed by atoms with Gasteiger partial charge in [0.1, 0.15) is 17.2 Å². The Kier molecular flexibility index (Phi) is 10.6. The van der Waals surface area contributed by atoms with Gasteiger partial charge in [0.2, 0.25) is 0 Å². The predicted molar refractivity (Wildman–Crippen MR) is 239 cm³/mol. The number of anilines is 1. The minimum Gasteiger partial charge on any atom is -0.508 e. The maximum absolute atomic E-state index is 15.6. The molecule has 17 nitrogen and oxygen atoms in total. The predicted octanol–water partition coefficient (Wildman–Crippen LogP) is 5.71. The van der Waals surface area contributed by atoms with E-state index in [0.29, 0.717) is 72.8 Å². The molecule has 6 heterocycles.